The number of nitrogens with zero attached hydrogens (tertiary/aromatic N) is 2. The molecule has 6 nitrogen and oxygen atoms in total. The van der Waals surface area contributed by atoms with Gasteiger partial charge in [-0.15, -0.1) is 0 Å². The number of carbonyl (C=O) groups excluding carboxylic acids is 1. The van der Waals surface area contributed by atoms with Gasteiger partial charge in [0.05, 0.1) is 30.5 Å². The zero-order chi connectivity index (χ0) is 15.0. The van der Waals surface area contributed by atoms with Gasteiger partial charge in [0.2, 0.25) is 0 Å². The minimum atomic E-state index is -1.03. The third kappa shape index (κ3) is 2.76. The first-order valence-electron chi connectivity index (χ1n) is 7.17. The van der Waals surface area contributed by atoms with Crippen LogP contribution in [0.15, 0.2) is 12.1 Å². The molecule has 1 N–H and O–H groups in total. The number of carbonyl (C=O) groups is 2. The van der Waals surface area contributed by atoms with Crippen molar-refractivity contribution >= 4 is 11.9 Å². The molecular formula is C15H18N2O4. The number of amides is 1. The highest BCUT2D eigenvalue weighted by Gasteiger charge is 2.39. The Hall–Kier alpha value is -1.95. The number of ether oxygens (including phenoxy) is 1. The van der Waals surface area contributed by atoms with E-state index in [1.807, 2.05) is 4.90 Å². The predicted molar refractivity (Wildman–Crippen MR) is 74.3 cm³/mol. The van der Waals surface area contributed by atoms with Crippen molar-refractivity contribution in [1.29, 1.82) is 0 Å². The molecule has 21 heavy (non-hydrogen) atoms. The first-order chi connectivity index (χ1) is 10.1. The van der Waals surface area contributed by atoms with Gasteiger partial charge in [0.15, 0.2) is 0 Å². The van der Waals surface area contributed by atoms with Crippen molar-refractivity contribution in [3.63, 3.8) is 0 Å². The molecule has 1 atom stereocenters. The summed E-state index contributed by atoms with van der Waals surface area (Å²) in [5.74, 6) is -0.620. The van der Waals surface area contributed by atoms with Crippen LogP contribution in [0.4, 0.5) is 0 Å². The number of aromatic carboxylic acids is 1. The molecule has 0 aromatic carbocycles. The molecule has 1 aromatic rings. The predicted octanol–water partition coefficient (Wildman–Crippen LogP) is 1.34. The molecule has 0 bridgehead atoms. The number of rotatable bonds is 3. The lowest BCUT2D eigenvalue weighted by molar-refractivity contribution is -0.00865. The molecule has 1 aliphatic carbocycles. The summed E-state index contributed by atoms with van der Waals surface area (Å²) in [4.78, 5) is 29.6. The molecule has 0 spiro atoms. The second-order valence-electron chi connectivity index (χ2n) is 5.61. The lowest BCUT2D eigenvalue weighted by Crippen LogP contribution is -2.50. The van der Waals surface area contributed by atoms with E-state index in [0.29, 0.717) is 37.1 Å². The SMILES string of the molecule is Cc1nc(C(=O)N2CCOCC2C2CC2)ccc1C(=O)O. The largest absolute Gasteiger partial charge is 0.478 e. The monoisotopic (exact) mass is 290 g/mol. The molecule has 1 aromatic heterocycles. The van der Waals surface area contributed by atoms with Crippen LogP contribution in [-0.4, -0.2) is 52.7 Å². The smallest absolute Gasteiger partial charge is 0.337 e. The average molecular weight is 290 g/mol. The standard InChI is InChI=1S/C15H18N2O4/c1-9-11(15(19)20)4-5-12(16-9)14(18)17-6-7-21-8-13(17)10-2-3-10/h4-5,10,13H,2-3,6-8H2,1H3,(H,19,20). The van der Waals surface area contributed by atoms with Gasteiger partial charge in [0.25, 0.3) is 5.91 Å². The maximum absolute atomic E-state index is 12.6. The molecular weight excluding hydrogens is 272 g/mol. The van der Waals surface area contributed by atoms with E-state index in [-0.39, 0.29) is 17.5 Å². The van der Waals surface area contributed by atoms with Gasteiger partial charge < -0.3 is 14.7 Å². The number of pyridine rings is 1. The quantitative estimate of drug-likeness (QED) is 0.908. The third-order valence-corrected chi connectivity index (χ3v) is 4.13. The summed E-state index contributed by atoms with van der Waals surface area (Å²) in [7, 11) is 0. The van der Waals surface area contributed by atoms with Crippen LogP contribution in [0.25, 0.3) is 0 Å². The van der Waals surface area contributed by atoms with Crippen LogP contribution in [-0.2, 0) is 4.74 Å². The molecule has 1 aliphatic heterocycles. The highest BCUT2D eigenvalue weighted by atomic mass is 16.5. The summed E-state index contributed by atoms with van der Waals surface area (Å²) in [6, 6.07) is 3.08. The van der Waals surface area contributed by atoms with Crippen molar-refractivity contribution < 1.29 is 19.4 Å². The van der Waals surface area contributed by atoms with Crippen molar-refractivity contribution in [2.24, 2.45) is 5.92 Å². The van der Waals surface area contributed by atoms with Gasteiger partial charge in [-0.1, -0.05) is 0 Å². The molecule has 2 heterocycles. The number of carboxylic acid groups (broad SMARTS) is 1. The summed E-state index contributed by atoms with van der Waals surface area (Å²) in [6.45, 7) is 3.31. The van der Waals surface area contributed by atoms with Crippen LogP contribution in [0.3, 0.4) is 0 Å². The highest BCUT2D eigenvalue weighted by Crippen LogP contribution is 2.36. The number of hydrogen-bond acceptors (Lipinski definition) is 4. The van der Waals surface area contributed by atoms with Gasteiger partial charge in [-0.05, 0) is 37.8 Å². The van der Waals surface area contributed by atoms with Crippen molar-refractivity contribution in [1.82, 2.24) is 9.88 Å². The molecule has 1 saturated heterocycles. The fourth-order valence-electron chi connectivity index (χ4n) is 2.80. The van der Waals surface area contributed by atoms with Gasteiger partial charge in [-0.25, -0.2) is 9.78 Å². The molecule has 2 aliphatic rings. The van der Waals surface area contributed by atoms with Crippen molar-refractivity contribution in [2.75, 3.05) is 19.8 Å². The second-order valence-corrected chi connectivity index (χ2v) is 5.61. The van der Waals surface area contributed by atoms with E-state index in [4.69, 9.17) is 9.84 Å². The molecule has 0 radical (unpaired) electrons. The Morgan fingerprint density at radius 2 is 2.14 bits per heavy atom. The van der Waals surface area contributed by atoms with E-state index in [1.54, 1.807) is 6.92 Å². The highest BCUT2D eigenvalue weighted by molar-refractivity contribution is 5.94. The Morgan fingerprint density at radius 3 is 2.76 bits per heavy atom. The summed E-state index contributed by atoms with van der Waals surface area (Å²) < 4.78 is 5.48. The van der Waals surface area contributed by atoms with E-state index in [1.165, 1.54) is 12.1 Å². The molecule has 1 amide bonds. The Morgan fingerprint density at radius 1 is 1.38 bits per heavy atom. The normalized spacial score (nSPS) is 22.1. The first kappa shape index (κ1) is 14.0. The van der Waals surface area contributed by atoms with Gasteiger partial charge in [0.1, 0.15) is 5.69 Å². The lowest BCUT2D eigenvalue weighted by Gasteiger charge is -2.35. The number of morpholine rings is 1. The first-order valence-corrected chi connectivity index (χ1v) is 7.17. The van der Waals surface area contributed by atoms with E-state index in [9.17, 15) is 9.59 Å². The van der Waals surface area contributed by atoms with Gasteiger partial charge in [0, 0.05) is 6.54 Å². The van der Waals surface area contributed by atoms with Gasteiger partial charge in [-0.2, -0.15) is 0 Å². The second kappa shape index (κ2) is 5.44. The van der Waals surface area contributed by atoms with E-state index in [0.717, 1.165) is 12.8 Å². The number of carboxylic acids is 1. The van der Waals surface area contributed by atoms with Crippen molar-refractivity contribution in [2.45, 2.75) is 25.8 Å². The number of aryl methyl sites for hydroxylation is 1. The third-order valence-electron chi connectivity index (χ3n) is 4.13. The maximum atomic E-state index is 12.6. The van der Waals surface area contributed by atoms with E-state index < -0.39 is 5.97 Å². The molecule has 6 heteroatoms. The summed E-state index contributed by atoms with van der Waals surface area (Å²) >= 11 is 0. The summed E-state index contributed by atoms with van der Waals surface area (Å²) in [6.07, 6.45) is 2.28. The molecule has 3 rings (SSSR count). The Balaban J connectivity index is 1.83. The minimum Gasteiger partial charge on any atom is -0.478 e. The number of hydrogen-bond donors (Lipinski definition) is 1. The van der Waals surface area contributed by atoms with Crippen LogP contribution < -0.4 is 0 Å². The molecule has 2 fully saturated rings. The van der Waals surface area contributed by atoms with Crippen LogP contribution in [0.5, 0.6) is 0 Å². The zero-order valence-electron chi connectivity index (χ0n) is 11.9. The Labute approximate surface area is 122 Å². The van der Waals surface area contributed by atoms with Gasteiger partial charge >= 0.3 is 5.97 Å². The minimum absolute atomic E-state index is 0.129. The maximum Gasteiger partial charge on any atom is 0.337 e. The molecule has 1 saturated carbocycles. The van der Waals surface area contributed by atoms with E-state index >= 15 is 0 Å². The van der Waals surface area contributed by atoms with Crippen molar-refractivity contribution in [3.05, 3.63) is 29.1 Å². The topological polar surface area (TPSA) is 79.7 Å². The van der Waals surface area contributed by atoms with Crippen LogP contribution in [0.2, 0.25) is 0 Å². The Bertz CT molecular complexity index is 583. The zero-order valence-corrected chi connectivity index (χ0v) is 11.9. The average Bonchev–Trinajstić information content (AvgIpc) is 3.30. The summed E-state index contributed by atoms with van der Waals surface area (Å²) in [5.41, 5.74) is 0.807. The van der Waals surface area contributed by atoms with Crippen LogP contribution in [0, 0.1) is 12.8 Å². The van der Waals surface area contributed by atoms with Gasteiger partial charge in [-0.3, -0.25) is 4.79 Å². The molecule has 1 unspecified atom stereocenters. The fourth-order valence-corrected chi connectivity index (χ4v) is 2.80. The summed E-state index contributed by atoms with van der Waals surface area (Å²) in [5, 5.41) is 9.02. The van der Waals surface area contributed by atoms with E-state index in [2.05, 4.69) is 4.98 Å². The number of aromatic nitrogens is 1. The molecule has 112 valence electrons. The lowest BCUT2D eigenvalue weighted by atomic mass is 10.1. The Kier molecular flexibility index (Phi) is 3.63. The van der Waals surface area contributed by atoms with Crippen LogP contribution in [0.1, 0.15) is 39.4 Å². The van der Waals surface area contributed by atoms with Crippen LogP contribution >= 0.6 is 0 Å². The van der Waals surface area contributed by atoms with Crippen molar-refractivity contribution in [3.8, 4) is 0 Å². The fraction of sp³-hybridized carbons (Fsp3) is 0.533.